The van der Waals surface area contributed by atoms with E-state index >= 15 is 0 Å². The molecule has 4 rings (SSSR count). The third-order valence-electron chi connectivity index (χ3n) is 4.14. The molecule has 112 valence electrons. The molecule has 0 spiro atoms. The van der Waals surface area contributed by atoms with Crippen LogP contribution in [-0.2, 0) is 0 Å². The van der Waals surface area contributed by atoms with Gasteiger partial charge < -0.3 is 10.1 Å². The second-order valence-corrected chi connectivity index (χ2v) is 5.60. The van der Waals surface area contributed by atoms with E-state index in [1.807, 2.05) is 43.5 Å². The highest BCUT2D eigenvalue weighted by Gasteiger charge is 2.16. The lowest BCUT2D eigenvalue weighted by atomic mass is 9.98. The average molecular weight is 300 g/mol. The van der Waals surface area contributed by atoms with Crippen molar-refractivity contribution in [2.75, 3.05) is 0 Å². The van der Waals surface area contributed by atoms with Crippen LogP contribution in [-0.4, -0.2) is 15.1 Å². The third-order valence-corrected chi connectivity index (χ3v) is 4.14. The Hall–Kier alpha value is -3.07. The van der Waals surface area contributed by atoms with Crippen LogP contribution in [0.2, 0.25) is 0 Å². The largest absolute Gasteiger partial charge is 0.508 e. The number of hydrogen-bond acceptors (Lipinski definition) is 2. The number of para-hydroxylation sites is 1. The van der Waals surface area contributed by atoms with Crippen molar-refractivity contribution in [1.82, 2.24) is 9.97 Å². The second-order valence-electron chi connectivity index (χ2n) is 5.60. The maximum Gasteiger partial charge on any atom is 0.115 e. The van der Waals surface area contributed by atoms with Crippen molar-refractivity contribution < 1.29 is 5.11 Å². The number of pyridine rings is 1. The first-order valence-corrected chi connectivity index (χ1v) is 7.56. The Morgan fingerprint density at radius 1 is 0.913 bits per heavy atom. The van der Waals surface area contributed by atoms with Crippen LogP contribution in [0.25, 0.3) is 33.3 Å². The summed E-state index contributed by atoms with van der Waals surface area (Å²) < 4.78 is 0. The van der Waals surface area contributed by atoms with Crippen LogP contribution in [0.15, 0.2) is 66.9 Å². The standard InChI is InChI=1S/C20H16N2O/c1-13-16(6-4-12-21-13)20-19(14-8-10-15(23)11-9-14)17-5-2-3-7-18(17)22-20/h2-12,22-23H,1H3. The summed E-state index contributed by atoms with van der Waals surface area (Å²) in [7, 11) is 0. The van der Waals surface area contributed by atoms with Crippen molar-refractivity contribution in [3.8, 4) is 28.1 Å². The van der Waals surface area contributed by atoms with Crippen molar-refractivity contribution >= 4 is 10.9 Å². The summed E-state index contributed by atoms with van der Waals surface area (Å²) in [5.74, 6) is 0.271. The molecular weight excluding hydrogens is 284 g/mol. The van der Waals surface area contributed by atoms with Crippen molar-refractivity contribution in [1.29, 1.82) is 0 Å². The molecule has 0 saturated carbocycles. The number of benzene rings is 2. The van der Waals surface area contributed by atoms with Crippen LogP contribution >= 0.6 is 0 Å². The van der Waals surface area contributed by atoms with E-state index in [0.29, 0.717) is 0 Å². The van der Waals surface area contributed by atoms with Gasteiger partial charge in [-0.05, 0) is 42.8 Å². The van der Waals surface area contributed by atoms with E-state index in [4.69, 9.17) is 0 Å². The Bertz CT molecular complexity index is 984. The van der Waals surface area contributed by atoms with Crippen molar-refractivity contribution in [3.05, 3.63) is 72.6 Å². The molecule has 0 saturated heterocycles. The lowest BCUT2D eigenvalue weighted by molar-refractivity contribution is 0.475. The van der Waals surface area contributed by atoms with E-state index in [1.165, 1.54) is 0 Å². The highest BCUT2D eigenvalue weighted by atomic mass is 16.3. The first-order chi connectivity index (χ1) is 11.2. The number of aromatic nitrogens is 2. The molecule has 0 unspecified atom stereocenters. The number of aromatic hydroxyl groups is 1. The molecule has 0 atom stereocenters. The molecule has 23 heavy (non-hydrogen) atoms. The Balaban J connectivity index is 2.06. The first-order valence-electron chi connectivity index (χ1n) is 7.56. The first kappa shape index (κ1) is 13.6. The molecule has 4 aromatic rings. The smallest absolute Gasteiger partial charge is 0.115 e. The van der Waals surface area contributed by atoms with E-state index in [9.17, 15) is 5.11 Å². The fraction of sp³-hybridized carbons (Fsp3) is 0.0500. The van der Waals surface area contributed by atoms with Crippen LogP contribution in [0, 0.1) is 6.92 Å². The molecule has 0 radical (unpaired) electrons. The predicted octanol–water partition coefficient (Wildman–Crippen LogP) is 4.91. The van der Waals surface area contributed by atoms with Gasteiger partial charge in [0, 0.05) is 33.9 Å². The van der Waals surface area contributed by atoms with Gasteiger partial charge in [0.1, 0.15) is 5.75 Å². The van der Waals surface area contributed by atoms with E-state index < -0.39 is 0 Å². The van der Waals surface area contributed by atoms with E-state index in [2.05, 4.69) is 28.2 Å². The van der Waals surface area contributed by atoms with Gasteiger partial charge in [-0.25, -0.2) is 0 Å². The van der Waals surface area contributed by atoms with Gasteiger partial charge in [0.25, 0.3) is 0 Å². The number of nitrogens with one attached hydrogen (secondary N) is 1. The molecule has 2 heterocycles. The highest BCUT2D eigenvalue weighted by Crippen LogP contribution is 2.39. The minimum atomic E-state index is 0.271. The monoisotopic (exact) mass is 300 g/mol. The average Bonchev–Trinajstić information content (AvgIpc) is 2.95. The number of phenols is 1. The minimum Gasteiger partial charge on any atom is -0.508 e. The number of phenolic OH excluding ortho intramolecular Hbond substituents is 1. The lowest BCUT2D eigenvalue weighted by Gasteiger charge is -2.08. The molecule has 0 aliphatic heterocycles. The van der Waals surface area contributed by atoms with Gasteiger partial charge in [0.2, 0.25) is 0 Å². The predicted molar refractivity (Wildman–Crippen MR) is 93.4 cm³/mol. The number of hydrogen-bond donors (Lipinski definition) is 2. The molecule has 3 heteroatoms. The maximum absolute atomic E-state index is 9.58. The molecule has 0 bridgehead atoms. The highest BCUT2D eigenvalue weighted by molar-refractivity contribution is 6.04. The zero-order chi connectivity index (χ0) is 15.8. The SMILES string of the molecule is Cc1ncccc1-c1[nH]c2ccccc2c1-c1ccc(O)cc1. The molecule has 0 fully saturated rings. The van der Waals surface area contributed by atoms with Crippen molar-refractivity contribution in [3.63, 3.8) is 0 Å². The molecule has 0 amide bonds. The molecule has 2 aromatic carbocycles. The number of aromatic amines is 1. The number of nitrogens with zero attached hydrogens (tertiary/aromatic N) is 1. The van der Waals surface area contributed by atoms with Gasteiger partial charge in [0.05, 0.1) is 5.69 Å². The van der Waals surface area contributed by atoms with Gasteiger partial charge in [-0.1, -0.05) is 30.3 Å². The molecule has 2 N–H and O–H groups in total. The van der Waals surface area contributed by atoms with Crippen molar-refractivity contribution in [2.45, 2.75) is 6.92 Å². The maximum atomic E-state index is 9.58. The molecule has 0 aliphatic carbocycles. The quantitative estimate of drug-likeness (QED) is 0.552. The normalized spacial score (nSPS) is 11.0. The lowest BCUT2D eigenvalue weighted by Crippen LogP contribution is -1.89. The molecular formula is C20H16N2O. The van der Waals surface area contributed by atoms with Gasteiger partial charge in [-0.3, -0.25) is 4.98 Å². The zero-order valence-electron chi connectivity index (χ0n) is 12.7. The topological polar surface area (TPSA) is 48.9 Å². The fourth-order valence-electron chi connectivity index (χ4n) is 3.02. The van der Waals surface area contributed by atoms with Gasteiger partial charge in [0.15, 0.2) is 0 Å². The zero-order valence-corrected chi connectivity index (χ0v) is 12.7. The van der Waals surface area contributed by atoms with Crippen LogP contribution in [0.4, 0.5) is 0 Å². The molecule has 3 nitrogen and oxygen atoms in total. The summed E-state index contributed by atoms with van der Waals surface area (Å²) in [5, 5.41) is 10.7. The van der Waals surface area contributed by atoms with Crippen LogP contribution in [0.5, 0.6) is 5.75 Å². The van der Waals surface area contributed by atoms with Gasteiger partial charge in [-0.15, -0.1) is 0 Å². The summed E-state index contributed by atoms with van der Waals surface area (Å²) in [6.07, 6.45) is 1.81. The fourth-order valence-corrected chi connectivity index (χ4v) is 3.02. The number of H-pyrrole nitrogens is 1. The Morgan fingerprint density at radius 3 is 2.48 bits per heavy atom. The van der Waals surface area contributed by atoms with Gasteiger partial charge in [-0.2, -0.15) is 0 Å². The summed E-state index contributed by atoms with van der Waals surface area (Å²) in [6, 6.07) is 19.6. The Labute approximate surface area is 134 Å². The molecule has 0 aliphatic rings. The number of rotatable bonds is 2. The second kappa shape index (κ2) is 5.29. The number of fused-ring (bicyclic) bond motifs is 1. The summed E-state index contributed by atoms with van der Waals surface area (Å²) in [6.45, 7) is 2.02. The third kappa shape index (κ3) is 2.27. The van der Waals surface area contributed by atoms with Crippen LogP contribution in [0.3, 0.4) is 0 Å². The number of aryl methyl sites for hydroxylation is 1. The van der Waals surface area contributed by atoms with Gasteiger partial charge >= 0.3 is 0 Å². The van der Waals surface area contributed by atoms with E-state index in [1.54, 1.807) is 12.1 Å². The van der Waals surface area contributed by atoms with Crippen LogP contribution < -0.4 is 0 Å². The Kier molecular flexibility index (Phi) is 3.12. The van der Waals surface area contributed by atoms with E-state index in [0.717, 1.165) is 39.0 Å². The Morgan fingerprint density at radius 2 is 1.70 bits per heavy atom. The van der Waals surface area contributed by atoms with Crippen LogP contribution in [0.1, 0.15) is 5.69 Å². The summed E-state index contributed by atoms with van der Waals surface area (Å²) in [5.41, 5.74) is 6.43. The summed E-state index contributed by atoms with van der Waals surface area (Å²) >= 11 is 0. The summed E-state index contributed by atoms with van der Waals surface area (Å²) in [4.78, 5) is 7.95. The molecule has 2 aromatic heterocycles. The van der Waals surface area contributed by atoms with E-state index in [-0.39, 0.29) is 5.75 Å². The van der Waals surface area contributed by atoms with Crippen molar-refractivity contribution in [2.24, 2.45) is 0 Å². The minimum absolute atomic E-state index is 0.271.